The lowest BCUT2D eigenvalue weighted by molar-refractivity contribution is -0.140. The van der Waals surface area contributed by atoms with Gasteiger partial charge in [-0.15, -0.1) is 11.8 Å². The monoisotopic (exact) mass is 233 g/mol. The largest absolute Gasteiger partial charge is 0.469 e. The molecule has 0 saturated heterocycles. The van der Waals surface area contributed by atoms with Gasteiger partial charge in [0.05, 0.1) is 19.3 Å². The van der Waals surface area contributed by atoms with E-state index < -0.39 is 0 Å². The first kappa shape index (κ1) is 14.3. The van der Waals surface area contributed by atoms with E-state index in [2.05, 4.69) is 10.1 Å². The summed E-state index contributed by atoms with van der Waals surface area (Å²) in [4.78, 5) is 22.1. The molecular formula is C10H19NO3S. The minimum atomic E-state index is -0.232. The average molecular weight is 233 g/mol. The number of esters is 1. The standard InChI is InChI=1S/C10H19NO3S/c1-4-5-11-9(12)7-15-8(2)6-10(13)14-3/h8H,4-7H2,1-3H3,(H,11,12). The molecule has 1 N–H and O–H groups in total. The molecule has 0 heterocycles. The lowest BCUT2D eigenvalue weighted by Crippen LogP contribution is -2.26. The fourth-order valence-electron chi connectivity index (χ4n) is 0.910. The van der Waals surface area contributed by atoms with Gasteiger partial charge < -0.3 is 10.1 Å². The molecule has 15 heavy (non-hydrogen) atoms. The van der Waals surface area contributed by atoms with Crippen LogP contribution in [-0.4, -0.2) is 36.5 Å². The van der Waals surface area contributed by atoms with Gasteiger partial charge in [0.25, 0.3) is 0 Å². The Bertz CT molecular complexity index is 209. The maximum atomic E-state index is 11.2. The highest BCUT2D eigenvalue weighted by Crippen LogP contribution is 2.13. The summed E-state index contributed by atoms with van der Waals surface area (Å²) in [5, 5.41) is 2.89. The second-order valence-corrected chi connectivity index (χ2v) is 4.68. The predicted octanol–water partition coefficient (Wildman–Crippen LogP) is 1.20. The zero-order valence-corrected chi connectivity index (χ0v) is 10.4. The molecule has 88 valence electrons. The minimum Gasteiger partial charge on any atom is -0.469 e. The number of carbonyl (C=O) groups excluding carboxylic acids is 2. The van der Waals surface area contributed by atoms with E-state index in [9.17, 15) is 9.59 Å². The third-order valence-electron chi connectivity index (χ3n) is 1.75. The van der Waals surface area contributed by atoms with E-state index in [0.717, 1.165) is 6.42 Å². The number of carbonyl (C=O) groups is 2. The van der Waals surface area contributed by atoms with Gasteiger partial charge in [0, 0.05) is 11.8 Å². The summed E-state index contributed by atoms with van der Waals surface area (Å²) >= 11 is 1.47. The highest BCUT2D eigenvalue weighted by atomic mass is 32.2. The van der Waals surface area contributed by atoms with E-state index >= 15 is 0 Å². The summed E-state index contributed by atoms with van der Waals surface area (Å²) in [5.41, 5.74) is 0. The summed E-state index contributed by atoms with van der Waals surface area (Å²) in [6.45, 7) is 4.63. The summed E-state index contributed by atoms with van der Waals surface area (Å²) in [6.07, 6.45) is 1.29. The zero-order valence-electron chi connectivity index (χ0n) is 9.54. The topological polar surface area (TPSA) is 55.4 Å². The number of methoxy groups -OCH3 is 1. The quantitative estimate of drug-likeness (QED) is 0.671. The van der Waals surface area contributed by atoms with Gasteiger partial charge in [0.15, 0.2) is 0 Å². The van der Waals surface area contributed by atoms with Crippen molar-refractivity contribution in [3.63, 3.8) is 0 Å². The molecule has 0 aromatic heterocycles. The summed E-state index contributed by atoms with van der Waals surface area (Å²) in [5.74, 6) is 0.195. The molecule has 1 atom stereocenters. The van der Waals surface area contributed by atoms with Crippen LogP contribution in [0.25, 0.3) is 0 Å². The van der Waals surface area contributed by atoms with Crippen LogP contribution in [0.4, 0.5) is 0 Å². The number of ether oxygens (including phenoxy) is 1. The fraction of sp³-hybridized carbons (Fsp3) is 0.800. The van der Waals surface area contributed by atoms with Crippen LogP contribution in [0.2, 0.25) is 0 Å². The molecule has 0 bridgehead atoms. The first-order valence-corrected chi connectivity index (χ1v) is 6.10. The van der Waals surface area contributed by atoms with Crippen LogP contribution in [0.1, 0.15) is 26.7 Å². The van der Waals surface area contributed by atoms with E-state index in [1.807, 2.05) is 13.8 Å². The molecular weight excluding hydrogens is 214 g/mol. The van der Waals surface area contributed by atoms with Crippen LogP contribution < -0.4 is 5.32 Å². The zero-order chi connectivity index (χ0) is 11.7. The van der Waals surface area contributed by atoms with E-state index in [1.54, 1.807) is 0 Å². The summed E-state index contributed by atoms with van der Waals surface area (Å²) < 4.78 is 4.54. The molecule has 0 aliphatic heterocycles. The molecule has 4 nitrogen and oxygen atoms in total. The van der Waals surface area contributed by atoms with Crippen LogP contribution in [-0.2, 0) is 14.3 Å². The minimum absolute atomic E-state index is 0.0264. The fourth-order valence-corrected chi connectivity index (χ4v) is 1.70. The van der Waals surface area contributed by atoms with Crippen molar-refractivity contribution in [1.82, 2.24) is 5.32 Å². The molecule has 1 unspecified atom stereocenters. The Hall–Kier alpha value is -0.710. The number of hydrogen-bond donors (Lipinski definition) is 1. The SMILES string of the molecule is CCCNC(=O)CSC(C)CC(=O)OC. The van der Waals surface area contributed by atoms with Crippen molar-refractivity contribution in [2.45, 2.75) is 31.9 Å². The maximum absolute atomic E-state index is 11.2. The highest BCUT2D eigenvalue weighted by molar-refractivity contribution is 8.00. The van der Waals surface area contributed by atoms with E-state index in [0.29, 0.717) is 18.7 Å². The summed E-state index contributed by atoms with van der Waals surface area (Å²) in [7, 11) is 1.37. The molecule has 0 aliphatic carbocycles. The second kappa shape index (κ2) is 8.59. The van der Waals surface area contributed by atoms with Crippen LogP contribution in [0, 0.1) is 0 Å². The molecule has 0 aromatic rings. The Morgan fingerprint density at radius 3 is 2.67 bits per heavy atom. The van der Waals surface area contributed by atoms with Crippen molar-refractivity contribution in [2.24, 2.45) is 0 Å². The van der Waals surface area contributed by atoms with Crippen molar-refractivity contribution in [1.29, 1.82) is 0 Å². The average Bonchev–Trinajstić information content (AvgIpc) is 2.23. The molecule has 5 heteroatoms. The van der Waals surface area contributed by atoms with Crippen LogP contribution in [0.3, 0.4) is 0 Å². The van der Waals surface area contributed by atoms with Crippen LogP contribution in [0.15, 0.2) is 0 Å². The molecule has 1 amide bonds. The lowest BCUT2D eigenvalue weighted by atomic mass is 10.3. The first-order valence-electron chi connectivity index (χ1n) is 5.05. The Morgan fingerprint density at radius 1 is 1.47 bits per heavy atom. The van der Waals surface area contributed by atoms with Crippen LogP contribution in [0.5, 0.6) is 0 Å². The summed E-state index contributed by atoms with van der Waals surface area (Å²) in [6, 6.07) is 0. The van der Waals surface area contributed by atoms with Gasteiger partial charge in [-0.2, -0.15) is 0 Å². The van der Waals surface area contributed by atoms with Crippen LogP contribution >= 0.6 is 11.8 Å². The van der Waals surface area contributed by atoms with Gasteiger partial charge in [-0.25, -0.2) is 0 Å². The predicted molar refractivity (Wildman–Crippen MR) is 61.9 cm³/mol. The normalized spacial score (nSPS) is 11.9. The van der Waals surface area contributed by atoms with Crippen molar-refractivity contribution in [3.8, 4) is 0 Å². The molecule has 0 aliphatic rings. The molecule has 0 fully saturated rings. The maximum Gasteiger partial charge on any atom is 0.306 e. The van der Waals surface area contributed by atoms with Gasteiger partial charge in [-0.3, -0.25) is 9.59 Å². The van der Waals surface area contributed by atoms with Crippen molar-refractivity contribution >= 4 is 23.6 Å². The molecule has 0 saturated carbocycles. The Labute approximate surface area is 95.1 Å². The number of hydrogen-bond acceptors (Lipinski definition) is 4. The number of rotatable bonds is 7. The molecule has 0 aromatic carbocycles. The van der Waals surface area contributed by atoms with Gasteiger partial charge in [0.2, 0.25) is 5.91 Å². The highest BCUT2D eigenvalue weighted by Gasteiger charge is 2.11. The van der Waals surface area contributed by atoms with E-state index in [-0.39, 0.29) is 17.1 Å². The molecule has 0 radical (unpaired) electrons. The smallest absolute Gasteiger partial charge is 0.306 e. The van der Waals surface area contributed by atoms with Gasteiger partial charge in [-0.1, -0.05) is 13.8 Å². The Morgan fingerprint density at radius 2 is 2.13 bits per heavy atom. The van der Waals surface area contributed by atoms with Crippen molar-refractivity contribution in [2.75, 3.05) is 19.4 Å². The third kappa shape index (κ3) is 8.30. The lowest BCUT2D eigenvalue weighted by Gasteiger charge is -2.09. The molecule has 0 spiro atoms. The second-order valence-electron chi connectivity index (χ2n) is 3.25. The molecule has 0 rings (SSSR count). The van der Waals surface area contributed by atoms with Gasteiger partial charge in [-0.05, 0) is 6.42 Å². The Kier molecular flexibility index (Phi) is 8.18. The van der Waals surface area contributed by atoms with E-state index in [4.69, 9.17) is 0 Å². The van der Waals surface area contributed by atoms with Gasteiger partial charge >= 0.3 is 5.97 Å². The van der Waals surface area contributed by atoms with Crippen molar-refractivity contribution < 1.29 is 14.3 Å². The van der Waals surface area contributed by atoms with E-state index in [1.165, 1.54) is 18.9 Å². The Balaban J connectivity index is 3.56. The van der Waals surface area contributed by atoms with Crippen molar-refractivity contribution in [3.05, 3.63) is 0 Å². The number of amides is 1. The number of thioether (sulfide) groups is 1. The third-order valence-corrected chi connectivity index (χ3v) is 2.92. The first-order chi connectivity index (χ1) is 7.10. The number of nitrogens with one attached hydrogen (secondary N) is 1. The van der Waals surface area contributed by atoms with Gasteiger partial charge in [0.1, 0.15) is 0 Å².